The molecule has 8 heteroatoms. The van der Waals surface area contributed by atoms with E-state index < -0.39 is 17.3 Å². The molecule has 2 N–H and O–H groups in total. The summed E-state index contributed by atoms with van der Waals surface area (Å²) in [5.74, 6) is -0.230. The molecule has 1 fully saturated rings. The van der Waals surface area contributed by atoms with Crippen LogP contribution in [0.3, 0.4) is 0 Å². The molecule has 1 atom stereocenters. The largest absolute Gasteiger partial charge is 0.416 e. The van der Waals surface area contributed by atoms with Gasteiger partial charge in [-0.1, -0.05) is 24.3 Å². The molecule has 0 bridgehead atoms. The number of amides is 2. The fourth-order valence-electron chi connectivity index (χ4n) is 3.72. The van der Waals surface area contributed by atoms with Crippen LogP contribution in [0.15, 0.2) is 41.8 Å². The van der Waals surface area contributed by atoms with Crippen molar-refractivity contribution in [2.45, 2.75) is 50.2 Å². The molecule has 2 aromatic rings. The van der Waals surface area contributed by atoms with E-state index in [1.807, 2.05) is 17.5 Å². The molecule has 1 aromatic carbocycles. The zero-order chi connectivity index (χ0) is 20.9. The molecule has 1 aliphatic heterocycles. The summed E-state index contributed by atoms with van der Waals surface area (Å²) in [4.78, 5) is 25.2. The van der Waals surface area contributed by atoms with E-state index in [4.69, 9.17) is 0 Å². The van der Waals surface area contributed by atoms with Crippen LogP contribution < -0.4 is 10.6 Å². The first-order chi connectivity index (χ1) is 13.8. The van der Waals surface area contributed by atoms with Crippen LogP contribution in [0.1, 0.15) is 41.7 Å². The van der Waals surface area contributed by atoms with Gasteiger partial charge in [0, 0.05) is 36.2 Å². The van der Waals surface area contributed by atoms with E-state index in [1.54, 1.807) is 17.4 Å². The topological polar surface area (TPSA) is 58.2 Å². The fourth-order valence-corrected chi connectivity index (χ4v) is 4.57. The molecule has 0 aliphatic carbocycles. The van der Waals surface area contributed by atoms with Gasteiger partial charge in [-0.25, -0.2) is 0 Å². The zero-order valence-electron chi connectivity index (χ0n) is 15.8. The molecular formula is C21H23F3N2O2S. The predicted octanol–water partition coefficient (Wildman–Crippen LogP) is 4.10. The first-order valence-electron chi connectivity index (χ1n) is 9.53. The fraction of sp³-hybridized carbons (Fsp3) is 0.429. The van der Waals surface area contributed by atoms with Gasteiger partial charge in [-0.2, -0.15) is 13.2 Å². The summed E-state index contributed by atoms with van der Waals surface area (Å²) >= 11 is 1.61. The van der Waals surface area contributed by atoms with E-state index in [0.29, 0.717) is 25.7 Å². The molecule has 29 heavy (non-hydrogen) atoms. The third kappa shape index (κ3) is 5.82. The molecular weight excluding hydrogens is 401 g/mol. The van der Waals surface area contributed by atoms with Crippen LogP contribution >= 0.6 is 11.3 Å². The summed E-state index contributed by atoms with van der Waals surface area (Å²) in [7, 11) is 0. The van der Waals surface area contributed by atoms with Gasteiger partial charge in [0.05, 0.1) is 5.56 Å². The number of alkyl halides is 3. The first-order valence-corrected chi connectivity index (χ1v) is 10.4. The highest BCUT2D eigenvalue weighted by molar-refractivity contribution is 7.09. The van der Waals surface area contributed by atoms with Gasteiger partial charge in [-0.3, -0.25) is 9.59 Å². The number of carbonyl (C=O) groups excluding carboxylic acids is 2. The monoisotopic (exact) mass is 424 g/mol. The van der Waals surface area contributed by atoms with Crippen molar-refractivity contribution in [3.63, 3.8) is 0 Å². The molecule has 0 radical (unpaired) electrons. The lowest BCUT2D eigenvalue weighted by Crippen LogP contribution is -2.44. The predicted molar refractivity (Wildman–Crippen MR) is 106 cm³/mol. The van der Waals surface area contributed by atoms with E-state index in [1.165, 1.54) is 12.1 Å². The van der Waals surface area contributed by atoms with Crippen molar-refractivity contribution in [1.82, 2.24) is 10.6 Å². The second-order valence-electron chi connectivity index (χ2n) is 7.34. The van der Waals surface area contributed by atoms with Crippen LogP contribution in [0, 0.1) is 0 Å². The van der Waals surface area contributed by atoms with Crippen molar-refractivity contribution in [1.29, 1.82) is 0 Å². The van der Waals surface area contributed by atoms with Crippen LogP contribution in [0.4, 0.5) is 13.2 Å². The summed E-state index contributed by atoms with van der Waals surface area (Å²) in [6.45, 7) is 0.135. The molecule has 0 spiro atoms. The molecule has 0 saturated carbocycles. The minimum Gasteiger partial charge on any atom is -0.356 e. The molecule has 1 aliphatic rings. The first kappa shape index (κ1) is 21.4. The van der Waals surface area contributed by atoms with Crippen molar-refractivity contribution in [2.24, 2.45) is 0 Å². The van der Waals surface area contributed by atoms with Crippen LogP contribution in [0.5, 0.6) is 0 Å². The average molecular weight is 424 g/mol. The number of carbonyl (C=O) groups is 2. The Balaban J connectivity index is 1.51. The van der Waals surface area contributed by atoms with Crippen LogP contribution in [-0.4, -0.2) is 23.9 Å². The van der Waals surface area contributed by atoms with E-state index >= 15 is 0 Å². The van der Waals surface area contributed by atoms with Crippen molar-refractivity contribution in [3.05, 3.63) is 57.8 Å². The van der Waals surface area contributed by atoms with Gasteiger partial charge in [0.25, 0.3) is 0 Å². The second kappa shape index (κ2) is 8.98. The van der Waals surface area contributed by atoms with Gasteiger partial charge < -0.3 is 10.6 Å². The maximum atomic E-state index is 13.0. The van der Waals surface area contributed by atoms with E-state index in [-0.39, 0.29) is 36.8 Å². The summed E-state index contributed by atoms with van der Waals surface area (Å²) < 4.78 is 39.1. The number of hydrogen-bond acceptors (Lipinski definition) is 3. The molecule has 1 unspecified atom stereocenters. The highest BCUT2D eigenvalue weighted by Crippen LogP contribution is 2.32. The van der Waals surface area contributed by atoms with Gasteiger partial charge in [-0.15, -0.1) is 11.3 Å². The number of benzene rings is 1. The highest BCUT2D eigenvalue weighted by atomic mass is 32.1. The lowest BCUT2D eigenvalue weighted by atomic mass is 9.87. The summed E-state index contributed by atoms with van der Waals surface area (Å²) in [6, 6.07) is 9.36. The zero-order valence-corrected chi connectivity index (χ0v) is 16.7. The van der Waals surface area contributed by atoms with Gasteiger partial charge in [0.1, 0.15) is 0 Å². The van der Waals surface area contributed by atoms with E-state index in [2.05, 4.69) is 10.6 Å². The minimum atomic E-state index is -4.41. The Bertz CT molecular complexity index is 852. The van der Waals surface area contributed by atoms with Crippen molar-refractivity contribution in [3.8, 4) is 0 Å². The van der Waals surface area contributed by atoms with Gasteiger partial charge in [0.2, 0.25) is 11.8 Å². The second-order valence-corrected chi connectivity index (χ2v) is 8.37. The third-order valence-electron chi connectivity index (χ3n) is 5.20. The number of rotatable bonds is 8. The van der Waals surface area contributed by atoms with Crippen molar-refractivity contribution in [2.75, 3.05) is 6.54 Å². The maximum absolute atomic E-state index is 13.0. The molecule has 2 heterocycles. The van der Waals surface area contributed by atoms with Gasteiger partial charge in [-0.05, 0) is 42.3 Å². The number of nitrogens with one attached hydrogen (secondary N) is 2. The van der Waals surface area contributed by atoms with E-state index in [9.17, 15) is 22.8 Å². The lowest BCUT2D eigenvalue weighted by molar-refractivity contribution is -0.138. The average Bonchev–Trinajstić information content (AvgIpc) is 3.30. The normalized spacial score (nSPS) is 19.2. The number of hydrogen-bond donors (Lipinski definition) is 2. The smallest absolute Gasteiger partial charge is 0.356 e. The summed E-state index contributed by atoms with van der Waals surface area (Å²) in [6.07, 6.45) is -1.78. The quantitative estimate of drug-likeness (QED) is 0.671. The van der Waals surface area contributed by atoms with Crippen LogP contribution in [0.2, 0.25) is 0 Å². The van der Waals surface area contributed by atoms with Crippen molar-refractivity contribution >= 4 is 23.2 Å². The molecule has 156 valence electrons. The molecule has 1 aromatic heterocycles. The lowest BCUT2D eigenvalue weighted by Gasteiger charge is -2.28. The van der Waals surface area contributed by atoms with Crippen LogP contribution in [0.25, 0.3) is 0 Å². The molecule has 2 amide bonds. The van der Waals surface area contributed by atoms with Crippen LogP contribution in [-0.2, 0) is 28.6 Å². The Morgan fingerprint density at radius 3 is 2.66 bits per heavy atom. The third-order valence-corrected chi connectivity index (χ3v) is 6.07. The molecule has 4 nitrogen and oxygen atoms in total. The highest BCUT2D eigenvalue weighted by Gasteiger charge is 2.38. The molecule has 3 rings (SSSR count). The van der Waals surface area contributed by atoms with E-state index in [0.717, 1.165) is 10.9 Å². The minimum absolute atomic E-state index is 0.00859. The standard InChI is InChI=1S/C21H23F3N2O2S/c22-21(23,24)17-6-2-1-4-15(17)9-12-25-18(27)7-10-20(11-8-19(28)26-20)14-16-5-3-13-29-16/h1-6,13H,7-12,14H2,(H,25,27)(H,26,28). The Morgan fingerprint density at radius 1 is 1.21 bits per heavy atom. The number of halogens is 3. The Kier molecular flexibility index (Phi) is 6.62. The Hall–Kier alpha value is -2.35. The number of thiophene rings is 1. The van der Waals surface area contributed by atoms with Gasteiger partial charge >= 0.3 is 6.18 Å². The Morgan fingerprint density at radius 2 is 2.00 bits per heavy atom. The Labute approximate surface area is 171 Å². The SMILES string of the molecule is O=C(CCC1(Cc2cccs2)CCC(=O)N1)NCCc1ccccc1C(F)(F)F. The summed E-state index contributed by atoms with van der Waals surface area (Å²) in [5.41, 5.74) is -0.933. The molecule has 1 saturated heterocycles. The maximum Gasteiger partial charge on any atom is 0.416 e. The van der Waals surface area contributed by atoms with Crippen molar-refractivity contribution < 1.29 is 22.8 Å². The van der Waals surface area contributed by atoms with Gasteiger partial charge in [0.15, 0.2) is 0 Å². The summed E-state index contributed by atoms with van der Waals surface area (Å²) in [5, 5.41) is 7.71.